The molecule has 164 valence electrons. The Hall–Kier alpha value is -3.67. The highest BCUT2D eigenvalue weighted by molar-refractivity contribution is 6.23. The van der Waals surface area contributed by atoms with Gasteiger partial charge in [0.15, 0.2) is 0 Å². The Morgan fingerprint density at radius 2 is 1.34 bits per heavy atom. The highest BCUT2D eigenvalue weighted by Gasteiger charge is 2.49. The van der Waals surface area contributed by atoms with E-state index in [1.54, 1.807) is 6.07 Å². The van der Waals surface area contributed by atoms with Gasteiger partial charge in [-0.1, -0.05) is 68.4 Å². The Labute approximate surface area is 185 Å². The number of hydrogen-bond donors (Lipinski definition) is 3. The second-order valence-electron chi connectivity index (χ2n) is 8.28. The summed E-state index contributed by atoms with van der Waals surface area (Å²) in [6.07, 6.45) is 0.629. The fourth-order valence-electron chi connectivity index (χ4n) is 4.60. The van der Waals surface area contributed by atoms with Crippen molar-refractivity contribution in [2.75, 3.05) is 0 Å². The van der Waals surface area contributed by atoms with E-state index in [0.717, 1.165) is 32.3 Å². The molecule has 0 spiro atoms. The number of rotatable bonds is 8. The minimum atomic E-state index is -2.46. The van der Waals surface area contributed by atoms with Crippen LogP contribution in [-0.4, -0.2) is 33.6 Å². The second kappa shape index (κ2) is 8.11. The molecule has 6 heteroatoms. The minimum Gasteiger partial charge on any atom is -0.479 e. The SMILES string of the molecule is CCC(CC)C(=O)NC(Cc1ccc2ccc3cccc4ccc1c2c34)(C(=O)O)C(=O)O. The van der Waals surface area contributed by atoms with Crippen molar-refractivity contribution < 1.29 is 24.6 Å². The molecule has 1 amide bonds. The molecule has 0 radical (unpaired) electrons. The number of hydrogen-bond acceptors (Lipinski definition) is 3. The number of carbonyl (C=O) groups excluding carboxylic acids is 1. The van der Waals surface area contributed by atoms with E-state index in [2.05, 4.69) is 5.32 Å². The van der Waals surface area contributed by atoms with Gasteiger partial charge < -0.3 is 15.5 Å². The number of aliphatic carboxylic acids is 2. The summed E-state index contributed by atoms with van der Waals surface area (Å²) < 4.78 is 0. The predicted molar refractivity (Wildman–Crippen MR) is 124 cm³/mol. The first-order valence-electron chi connectivity index (χ1n) is 10.8. The van der Waals surface area contributed by atoms with E-state index < -0.39 is 29.3 Å². The summed E-state index contributed by atoms with van der Waals surface area (Å²) in [4.78, 5) is 37.3. The average Bonchev–Trinajstić information content (AvgIpc) is 2.78. The molecule has 4 aromatic rings. The van der Waals surface area contributed by atoms with Crippen LogP contribution in [0.5, 0.6) is 0 Å². The number of carboxylic acids is 2. The highest BCUT2D eigenvalue weighted by Crippen LogP contribution is 2.37. The first kappa shape index (κ1) is 21.6. The highest BCUT2D eigenvalue weighted by atomic mass is 16.4. The molecule has 0 heterocycles. The van der Waals surface area contributed by atoms with Gasteiger partial charge in [-0.2, -0.15) is 0 Å². The van der Waals surface area contributed by atoms with Gasteiger partial charge in [0.25, 0.3) is 0 Å². The first-order valence-corrected chi connectivity index (χ1v) is 10.8. The maximum Gasteiger partial charge on any atom is 0.341 e. The lowest BCUT2D eigenvalue weighted by Gasteiger charge is -2.29. The van der Waals surface area contributed by atoms with E-state index in [1.807, 2.05) is 62.4 Å². The standard InChI is InChI=1S/C26H25NO5/c1-3-15(4-2)23(28)27-26(24(29)30,25(31)32)14-19-11-10-18-9-8-16-6-5-7-17-12-13-20(19)22(18)21(16)17/h5-13,15H,3-4,14H2,1-2H3,(H,27,28)(H,29,30)(H,31,32). The van der Waals surface area contributed by atoms with Gasteiger partial charge in [-0.05, 0) is 50.7 Å². The number of amides is 1. The van der Waals surface area contributed by atoms with Crippen molar-refractivity contribution in [3.05, 3.63) is 60.2 Å². The summed E-state index contributed by atoms with van der Waals surface area (Å²) in [6.45, 7) is 3.63. The van der Waals surface area contributed by atoms with Crippen LogP contribution in [0.15, 0.2) is 54.6 Å². The molecule has 0 aromatic heterocycles. The molecule has 0 aliphatic heterocycles. The summed E-state index contributed by atoms with van der Waals surface area (Å²) in [5.41, 5.74) is -1.90. The van der Waals surface area contributed by atoms with E-state index in [4.69, 9.17) is 0 Å². The number of benzene rings is 4. The molecule has 0 saturated carbocycles. The van der Waals surface area contributed by atoms with Crippen LogP contribution < -0.4 is 5.32 Å². The summed E-state index contributed by atoms with van der Waals surface area (Å²) in [6, 6.07) is 17.5. The lowest BCUT2D eigenvalue weighted by Crippen LogP contribution is -2.62. The lowest BCUT2D eigenvalue weighted by molar-refractivity contribution is -0.161. The molecular formula is C26H25NO5. The molecule has 0 fully saturated rings. The lowest BCUT2D eigenvalue weighted by atomic mass is 9.85. The maximum atomic E-state index is 12.7. The van der Waals surface area contributed by atoms with Gasteiger partial charge in [0, 0.05) is 12.3 Å². The van der Waals surface area contributed by atoms with Crippen LogP contribution in [0.3, 0.4) is 0 Å². The Morgan fingerprint density at radius 3 is 1.91 bits per heavy atom. The third kappa shape index (κ3) is 3.32. The predicted octanol–water partition coefficient (Wildman–Crippen LogP) is 4.59. The monoisotopic (exact) mass is 431 g/mol. The molecule has 0 unspecified atom stereocenters. The van der Waals surface area contributed by atoms with Crippen molar-refractivity contribution in [3.63, 3.8) is 0 Å². The number of nitrogens with one attached hydrogen (secondary N) is 1. The zero-order valence-electron chi connectivity index (χ0n) is 18.0. The fraction of sp³-hybridized carbons (Fsp3) is 0.269. The summed E-state index contributed by atoms with van der Waals surface area (Å²) in [5.74, 6) is -4.18. The third-order valence-electron chi connectivity index (χ3n) is 6.50. The molecule has 0 aliphatic rings. The molecule has 0 atom stereocenters. The molecule has 4 aromatic carbocycles. The second-order valence-corrected chi connectivity index (χ2v) is 8.28. The summed E-state index contributed by atoms with van der Waals surface area (Å²) >= 11 is 0. The molecule has 0 saturated heterocycles. The van der Waals surface area contributed by atoms with Crippen molar-refractivity contribution >= 4 is 50.2 Å². The summed E-state index contributed by atoms with van der Waals surface area (Å²) in [7, 11) is 0. The molecule has 32 heavy (non-hydrogen) atoms. The van der Waals surface area contributed by atoms with Gasteiger partial charge >= 0.3 is 11.9 Å². The van der Waals surface area contributed by atoms with E-state index >= 15 is 0 Å². The molecule has 6 nitrogen and oxygen atoms in total. The van der Waals surface area contributed by atoms with Gasteiger partial charge in [-0.15, -0.1) is 0 Å². The minimum absolute atomic E-state index is 0.363. The van der Waals surface area contributed by atoms with Crippen LogP contribution in [0.1, 0.15) is 32.3 Å². The van der Waals surface area contributed by atoms with E-state index in [9.17, 15) is 24.6 Å². The van der Waals surface area contributed by atoms with Crippen molar-refractivity contribution in [1.29, 1.82) is 0 Å². The van der Waals surface area contributed by atoms with Crippen molar-refractivity contribution in [1.82, 2.24) is 5.32 Å². The first-order chi connectivity index (χ1) is 15.3. The zero-order chi connectivity index (χ0) is 23.0. The van der Waals surface area contributed by atoms with Gasteiger partial charge in [0.05, 0.1) is 0 Å². The van der Waals surface area contributed by atoms with E-state index in [-0.39, 0.29) is 6.42 Å². The van der Waals surface area contributed by atoms with Gasteiger partial charge in [0.2, 0.25) is 11.4 Å². The normalized spacial score (nSPS) is 12.1. The smallest absolute Gasteiger partial charge is 0.341 e. The Morgan fingerprint density at radius 1 is 0.812 bits per heavy atom. The Balaban J connectivity index is 1.88. The van der Waals surface area contributed by atoms with Crippen LogP contribution in [0.2, 0.25) is 0 Å². The van der Waals surface area contributed by atoms with Crippen LogP contribution in [0, 0.1) is 5.92 Å². The number of carbonyl (C=O) groups is 3. The zero-order valence-corrected chi connectivity index (χ0v) is 18.0. The topological polar surface area (TPSA) is 104 Å². The van der Waals surface area contributed by atoms with Crippen LogP contribution >= 0.6 is 0 Å². The molecule has 0 bridgehead atoms. The third-order valence-corrected chi connectivity index (χ3v) is 6.50. The van der Waals surface area contributed by atoms with E-state index in [0.29, 0.717) is 18.4 Å². The van der Waals surface area contributed by atoms with Crippen molar-refractivity contribution in [2.24, 2.45) is 5.92 Å². The number of carboxylic acid groups (broad SMARTS) is 2. The summed E-state index contributed by atoms with van der Waals surface area (Å²) in [5, 5.41) is 28.2. The van der Waals surface area contributed by atoms with Crippen LogP contribution in [0.4, 0.5) is 0 Å². The largest absolute Gasteiger partial charge is 0.479 e. The van der Waals surface area contributed by atoms with Gasteiger partial charge in [-0.25, -0.2) is 9.59 Å². The Bertz CT molecular complexity index is 1310. The molecule has 0 aliphatic carbocycles. The van der Waals surface area contributed by atoms with E-state index in [1.165, 1.54) is 0 Å². The van der Waals surface area contributed by atoms with Gasteiger partial charge in [0.1, 0.15) is 0 Å². The van der Waals surface area contributed by atoms with Crippen LogP contribution in [-0.2, 0) is 20.8 Å². The van der Waals surface area contributed by atoms with Crippen molar-refractivity contribution in [2.45, 2.75) is 38.6 Å². The molecule has 3 N–H and O–H groups in total. The average molecular weight is 431 g/mol. The van der Waals surface area contributed by atoms with Crippen molar-refractivity contribution in [3.8, 4) is 0 Å². The molecule has 4 rings (SSSR count). The quantitative estimate of drug-likeness (QED) is 0.280. The maximum absolute atomic E-state index is 12.7. The van der Waals surface area contributed by atoms with Crippen LogP contribution in [0.25, 0.3) is 32.3 Å². The Kier molecular flexibility index (Phi) is 5.46. The van der Waals surface area contributed by atoms with Gasteiger partial charge in [-0.3, -0.25) is 4.79 Å². The molecular weight excluding hydrogens is 406 g/mol. The fourth-order valence-corrected chi connectivity index (χ4v) is 4.60.